The standard InChI is InChI=1S/C18H24N2O6S/c1-11-13-9-17(27(23,24)25)15(20)10-16(13)26-18(22)14(11)8-12(21)6-4-2-3-5-7-19/h9-10H,2-8,19-20H2,1H3,(H,23,24,25). The van der Waals surface area contributed by atoms with Crippen molar-refractivity contribution in [3.8, 4) is 0 Å². The van der Waals surface area contributed by atoms with Crippen LogP contribution in [0, 0.1) is 6.92 Å². The lowest BCUT2D eigenvalue weighted by atomic mass is 9.99. The molecule has 1 heterocycles. The predicted molar refractivity (Wildman–Crippen MR) is 102 cm³/mol. The summed E-state index contributed by atoms with van der Waals surface area (Å²) < 4.78 is 37.4. The number of Topliss-reactive ketones (excluding diaryl/α,β-unsaturated/α-hetero) is 1. The SMILES string of the molecule is Cc1c(CC(=O)CCCCCCN)c(=O)oc2cc(N)c(S(=O)(=O)O)cc12. The number of nitrogen functional groups attached to an aromatic ring is 1. The maximum atomic E-state index is 12.3. The first-order valence-corrected chi connectivity index (χ1v) is 10.1. The van der Waals surface area contributed by atoms with E-state index in [1.807, 2.05) is 0 Å². The number of rotatable bonds is 9. The first-order valence-electron chi connectivity index (χ1n) is 8.70. The van der Waals surface area contributed by atoms with Crippen LogP contribution in [0.25, 0.3) is 11.0 Å². The second-order valence-electron chi connectivity index (χ2n) is 6.52. The van der Waals surface area contributed by atoms with E-state index in [0.717, 1.165) is 31.7 Å². The van der Waals surface area contributed by atoms with Crippen LogP contribution in [-0.2, 0) is 21.3 Å². The van der Waals surface area contributed by atoms with Gasteiger partial charge in [-0.25, -0.2) is 4.79 Å². The number of carbonyl (C=O) groups is 1. The number of anilines is 1. The van der Waals surface area contributed by atoms with E-state index in [0.29, 0.717) is 23.9 Å². The van der Waals surface area contributed by atoms with Crippen LogP contribution < -0.4 is 17.1 Å². The third-order valence-corrected chi connectivity index (χ3v) is 5.39. The molecule has 8 nitrogen and oxygen atoms in total. The van der Waals surface area contributed by atoms with Crippen LogP contribution in [-0.4, -0.2) is 25.3 Å². The molecule has 1 aromatic carbocycles. The zero-order valence-corrected chi connectivity index (χ0v) is 16.0. The summed E-state index contributed by atoms with van der Waals surface area (Å²) in [4.78, 5) is 24.0. The molecule has 0 radical (unpaired) electrons. The van der Waals surface area contributed by atoms with Gasteiger partial charge in [0.25, 0.3) is 10.1 Å². The van der Waals surface area contributed by atoms with Crippen LogP contribution in [0.5, 0.6) is 0 Å². The van der Waals surface area contributed by atoms with Gasteiger partial charge < -0.3 is 15.9 Å². The van der Waals surface area contributed by atoms with Gasteiger partial charge in [-0.2, -0.15) is 8.42 Å². The molecule has 2 rings (SSSR count). The molecular weight excluding hydrogens is 372 g/mol. The van der Waals surface area contributed by atoms with Gasteiger partial charge in [-0.15, -0.1) is 0 Å². The van der Waals surface area contributed by atoms with Gasteiger partial charge in [-0.1, -0.05) is 12.8 Å². The minimum absolute atomic E-state index is 0.0907. The molecule has 0 aliphatic heterocycles. The van der Waals surface area contributed by atoms with E-state index in [1.54, 1.807) is 6.92 Å². The lowest BCUT2D eigenvalue weighted by molar-refractivity contribution is -0.118. The van der Waals surface area contributed by atoms with Crippen molar-refractivity contribution in [3.05, 3.63) is 33.7 Å². The zero-order chi connectivity index (χ0) is 20.2. The second-order valence-corrected chi connectivity index (χ2v) is 7.91. The molecule has 27 heavy (non-hydrogen) atoms. The van der Waals surface area contributed by atoms with Gasteiger partial charge >= 0.3 is 5.63 Å². The molecule has 148 valence electrons. The Morgan fingerprint density at radius 1 is 1.19 bits per heavy atom. The third kappa shape index (κ3) is 5.15. The highest BCUT2D eigenvalue weighted by molar-refractivity contribution is 7.86. The Bertz CT molecular complexity index is 1010. The first kappa shape index (κ1) is 21.1. The average molecular weight is 396 g/mol. The molecule has 1 aromatic heterocycles. The largest absolute Gasteiger partial charge is 0.422 e. The molecule has 0 fully saturated rings. The molecule has 9 heteroatoms. The van der Waals surface area contributed by atoms with E-state index in [2.05, 4.69) is 0 Å². The van der Waals surface area contributed by atoms with Gasteiger partial charge in [0.1, 0.15) is 16.3 Å². The molecule has 0 spiro atoms. The summed E-state index contributed by atoms with van der Waals surface area (Å²) in [6.07, 6.45) is 3.75. The molecule has 5 N–H and O–H groups in total. The number of benzene rings is 1. The Labute approximate surface area is 157 Å². The van der Waals surface area contributed by atoms with Crippen molar-refractivity contribution in [2.75, 3.05) is 12.3 Å². The van der Waals surface area contributed by atoms with Crippen molar-refractivity contribution < 1.29 is 22.2 Å². The normalized spacial score (nSPS) is 11.8. The van der Waals surface area contributed by atoms with Gasteiger partial charge in [-0.3, -0.25) is 9.35 Å². The van der Waals surface area contributed by atoms with Crippen molar-refractivity contribution in [1.82, 2.24) is 0 Å². The van der Waals surface area contributed by atoms with Gasteiger partial charge in [0.15, 0.2) is 0 Å². The summed E-state index contributed by atoms with van der Waals surface area (Å²) in [5.74, 6) is -0.0945. The fraction of sp³-hybridized carbons (Fsp3) is 0.444. The van der Waals surface area contributed by atoms with Crippen LogP contribution in [0.2, 0.25) is 0 Å². The minimum Gasteiger partial charge on any atom is -0.422 e. The number of nitrogens with two attached hydrogens (primary N) is 2. The van der Waals surface area contributed by atoms with Crippen molar-refractivity contribution >= 4 is 32.6 Å². The van der Waals surface area contributed by atoms with E-state index >= 15 is 0 Å². The monoisotopic (exact) mass is 396 g/mol. The Morgan fingerprint density at radius 3 is 2.48 bits per heavy atom. The second kappa shape index (κ2) is 8.64. The Hall–Kier alpha value is -2.23. The van der Waals surface area contributed by atoms with E-state index in [-0.39, 0.29) is 29.0 Å². The van der Waals surface area contributed by atoms with E-state index < -0.39 is 20.6 Å². The van der Waals surface area contributed by atoms with Crippen LogP contribution >= 0.6 is 0 Å². The van der Waals surface area contributed by atoms with Crippen molar-refractivity contribution in [2.24, 2.45) is 5.73 Å². The van der Waals surface area contributed by atoms with Crippen LogP contribution in [0.15, 0.2) is 26.2 Å². The summed E-state index contributed by atoms with van der Waals surface area (Å²) in [7, 11) is -4.53. The van der Waals surface area contributed by atoms with Crippen LogP contribution in [0.1, 0.15) is 43.2 Å². The number of aryl methyl sites for hydroxylation is 1. The zero-order valence-electron chi connectivity index (χ0n) is 15.2. The smallest absolute Gasteiger partial charge is 0.340 e. The molecule has 2 aromatic rings. The highest BCUT2D eigenvalue weighted by atomic mass is 32.2. The van der Waals surface area contributed by atoms with Crippen molar-refractivity contribution in [3.63, 3.8) is 0 Å². The quantitative estimate of drug-likeness (QED) is 0.251. The maximum absolute atomic E-state index is 12.3. The molecule has 0 bridgehead atoms. The Balaban J connectivity index is 2.31. The summed E-state index contributed by atoms with van der Waals surface area (Å²) >= 11 is 0. The Kier molecular flexibility index (Phi) is 6.74. The lowest BCUT2D eigenvalue weighted by Crippen LogP contribution is -2.16. The molecule has 0 saturated heterocycles. The number of fused-ring (bicyclic) bond motifs is 1. The van der Waals surface area contributed by atoms with Crippen LogP contribution in [0.4, 0.5) is 5.69 Å². The number of ketones is 1. The van der Waals surface area contributed by atoms with E-state index in [1.165, 1.54) is 6.07 Å². The average Bonchev–Trinajstić information content (AvgIpc) is 2.57. The number of hydrogen-bond acceptors (Lipinski definition) is 7. The summed E-state index contributed by atoms with van der Waals surface area (Å²) in [5.41, 5.74) is 10.9. The van der Waals surface area contributed by atoms with Crippen molar-refractivity contribution in [1.29, 1.82) is 0 Å². The maximum Gasteiger partial charge on any atom is 0.340 e. The van der Waals surface area contributed by atoms with E-state index in [9.17, 15) is 22.6 Å². The van der Waals surface area contributed by atoms with Gasteiger partial charge in [0.2, 0.25) is 0 Å². The van der Waals surface area contributed by atoms with Gasteiger partial charge in [0, 0.05) is 29.9 Å². The molecule has 0 amide bonds. The molecule has 0 atom stereocenters. The van der Waals surface area contributed by atoms with Crippen LogP contribution in [0.3, 0.4) is 0 Å². The Morgan fingerprint density at radius 2 is 1.85 bits per heavy atom. The van der Waals surface area contributed by atoms with Gasteiger partial charge in [0.05, 0.1) is 5.69 Å². The molecule has 0 saturated carbocycles. The highest BCUT2D eigenvalue weighted by Gasteiger charge is 2.20. The summed E-state index contributed by atoms with van der Waals surface area (Å²) in [5, 5.41) is 0.308. The minimum atomic E-state index is -4.53. The number of hydrogen-bond donors (Lipinski definition) is 3. The molecule has 0 aliphatic carbocycles. The van der Waals surface area contributed by atoms with Crippen molar-refractivity contribution in [2.45, 2.75) is 50.3 Å². The lowest BCUT2D eigenvalue weighted by Gasteiger charge is -2.10. The first-order chi connectivity index (χ1) is 12.6. The topological polar surface area (TPSA) is 154 Å². The summed E-state index contributed by atoms with van der Waals surface area (Å²) in [6, 6.07) is 2.33. The fourth-order valence-electron chi connectivity index (χ4n) is 2.96. The number of carbonyl (C=O) groups excluding carboxylic acids is 1. The number of unbranched alkanes of at least 4 members (excludes halogenated alkanes) is 3. The molecule has 0 aliphatic rings. The van der Waals surface area contributed by atoms with E-state index in [4.69, 9.17) is 15.9 Å². The summed E-state index contributed by atoms with van der Waals surface area (Å²) in [6.45, 7) is 2.23. The highest BCUT2D eigenvalue weighted by Crippen LogP contribution is 2.28. The third-order valence-electron chi connectivity index (χ3n) is 4.48. The molecule has 0 unspecified atom stereocenters. The predicted octanol–water partition coefficient (Wildman–Crippen LogP) is 1.95. The fourth-order valence-corrected chi connectivity index (χ4v) is 3.59. The van der Waals surface area contributed by atoms with Gasteiger partial charge in [-0.05, 0) is 37.9 Å². The molecular formula is C18H24N2O6S.